The standard InChI is InChI=1S/C27H43F2N3O3/c1-8-10-19(9-2)23(21-20(28)12-11-18(3)22(21)29)31-24(33)32-15-13-27(7,14-16-32)17-30-25(34)35-26(4,5)6/h11-12,19,23H,8-10,13-17H2,1-7H3,(H,30,34)(H,31,33). The van der Waals surface area contributed by atoms with Gasteiger partial charge in [-0.2, -0.15) is 0 Å². The SMILES string of the molecule is CCCC(CC)C(NC(=O)N1CCC(C)(CNC(=O)OC(C)(C)C)CC1)c1c(F)ccc(C)c1F. The first-order valence-electron chi connectivity index (χ1n) is 12.8. The lowest BCUT2D eigenvalue weighted by Crippen LogP contribution is -2.51. The molecule has 1 aromatic rings. The summed E-state index contributed by atoms with van der Waals surface area (Å²) in [6.45, 7) is 14.6. The number of hydrogen-bond donors (Lipinski definition) is 2. The van der Waals surface area contributed by atoms with E-state index in [0.717, 1.165) is 12.8 Å². The van der Waals surface area contributed by atoms with E-state index in [2.05, 4.69) is 17.6 Å². The summed E-state index contributed by atoms with van der Waals surface area (Å²) < 4.78 is 35.2. The second-order valence-corrected chi connectivity index (χ2v) is 11.1. The first kappa shape index (κ1) is 28.9. The van der Waals surface area contributed by atoms with Crippen LogP contribution in [0.5, 0.6) is 0 Å². The molecule has 3 amide bonds. The second-order valence-electron chi connectivity index (χ2n) is 11.1. The highest BCUT2D eigenvalue weighted by molar-refractivity contribution is 5.75. The quantitative estimate of drug-likeness (QED) is 0.434. The fraction of sp³-hybridized carbons (Fsp3) is 0.704. The minimum absolute atomic E-state index is 0.0536. The molecular formula is C27H43F2N3O3. The summed E-state index contributed by atoms with van der Waals surface area (Å²) in [6.07, 6.45) is 3.24. The van der Waals surface area contributed by atoms with Crippen molar-refractivity contribution in [2.45, 2.75) is 92.2 Å². The Labute approximate surface area is 209 Å². The van der Waals surface area contributed by atoms with Crippen molar-refractivity contribution in [3.63, 3.8) is 0 Å². The third-order valence-corrected chi connectivity index (χ3v) is 6.88. The molecule has 0 aliphatic carbocycles. The van der Waals surface area contributed by atoms with Gasteiger partial charge in [0.1, 0.15) is 17.2 Å². The van der Waals surface area contributed by atoms with Gasteiger partial charge in [-0.15, -0.1) is 0 Å². The van der Waals surface area contributed by atoms with Crippen molar-refractivity contribution >= 4 is 12.1 Å². The van der Waals surface area contributed by atoms with Crippen LogP contribution in [0.25, 0.3) is 0 Å². The number of carbonyl (C=O) groups is 2. The fourth-order valence-electron chi connectivity index (χ4n) is 4.62. The maximum absolute atomic E-state index is 15.0. The second kappa shape index (κ2) is 12.0. The maximum Gasteiger partial charge on any atom is 0.407 e. The van der Waals surface area contributed by atoms with Crippen LogP contribution in [0.1, 0.15) is 90.8 Å². The summed E-state index contributed by atoms with van der Waals surface area (Å²) in [6, 6.07) is 1.64. The number of alkyl carbamates (subject to hydrolysis) is 1. The predicted octanol–water partition coefficient (Wildman–Crippen LogP) is 6.48. The number of piperidine rings is 1. The highest BCUT2D eigenvalue weighted by Gasteiger charge is 2.35. The van der Waals surface area contributed by atoms with Gasteiger partial charge in [0.25, 0.3) is 0 Å². The van der Waals surface area contributed by atoms with Gasteiger partial charge in [0.2, 0.25) is 0 Å². The van der Waals surface area contributed by atoms with Gasteiger partial charge in [-0.3, -0.25) is 0 Å². The number of rotatable bonds is 8. The monoisotopic (exact) mass is 495 g/mol. The molecule has 0 aromatic heterocycles. The number of nitrogens with one attached hydrogen (secondary N) is 2. The molecule has 1 heterocycles. The first-order chi connectivity index (χ1) is 16.3. The number of aryl methyl sites for hydroxylation is 1. The van der Waals surface area contributed by atoms with Crippen LogP contribution >= 0.6 is 0 Å². The Bertz CT molecular complexity index is 877. The van der Waals surface area contributed by atoms with Gasteiger partial charge >= 0.3 is 12.1 Å². The molecule has 8 heteroatoms. The van der Waals surface area contributed by atoms with Crippen molar-refractivity contribution in [1.82, 2.24) is 15.5 Å². The Balaban J connectivity index is 2.08. The minimum Gasteiger partial charge on any atom is -0.444 e. The molecule has 198 valence electrons. The molecule has 1 saturated heterocycles. The van der Waals surface area contributed by atoms with E-state index in [1.165, 1.54) is 12.1 Å². The van der Waals surface area contributed by atoms with Crippen molar-refractivity contribution in [1.29, 1.82) is 0 Å². The van der Waals surface area contributed by atoms with Crippen LogP contribution in [0.2, 0.25) is 0 Å². The molecule has 0 radical (unpaired) electrons. The maximum atomic E-state index is 15.0. The summed E-state index contributed by atoms with van der Waals surface area (Å²) in [5, 5.41) is 5.81. The van der Waals surface area contributed by atoms with Crippen LogP contribution in [-0.4, -0.2) is 42.3 Å². The van der Waals surface area contributed by atoms with Crippen LogP contribution in [0, 0.1) is 29.9 Å². The molecule has 35 heavy (non-hydrogen) atoms. The number of likely N-dealkylation sites (tertiary alicyclic amines) is 1. The smallest absolute Gasteiger partial charge is 0.407 e. The average Bonchev–Trinajstić information content (AvgIpc) is 2.77. The molecule has 2 atom stereocenters. The number of ether oxygens (including phenoxy) is 1. The number of halogens is 2. The number of hydrogen-bond acceptors (Lipinski definition) is 3. The zero-order chi connectivity index (χ0) is 26.4. The summed E-state index contributed by atoms with van der Waals surface area (Å²) in [7, 11) is 0. The molecule has 1 fully saturated rings. The molecule has 2 rings (SSSR count). The molecule has 6 nitrogen and oxygen atoms in total. The van der Waals surface area contributed by atoms with Crippen molar-refractivity contribution in [2.75, 3.05) is 19.6 Å². The highest BCUT2D eigenvalue weighted by atomic mass is 19.1. The molecular weight excluding hydrogens is 452 g/mol. The summed E-state index contributed by atoms with van der Waals surface area (Å²) in [5.41, 5.74) is -0.427. The fourth-order valence-corrected chi connectivity index (χ4v) is 4.62. The van der Waals surface area contributed by atoms with E-state index < -0.39 is 29.4 Å². The van der Waals surface area contributed by atoms with Gasteiger partial charge in [-0.05, 0) is 69.9 Å². The third kappa shape index (κ3) is 8.07. The minimum atomic E-state index is -0.741. The van der Waals surface area contributed by atoms with Crippen molar-refractivity contribution in [3.8, 4) is 0 Å². The summed E-state index contributed by atoms with van der Waals surface area (Å²) in [5.74, 6) is -1.31. The molecule has 1 aliphatic rings. The molecule has 2 unspecified atom stereocenters. The lowest BCUT2D eigenvalue weighted by atomic mass is 9.80. The number of carbonyl (C=O) groups excluding carboxylic acids is 2. The largest absolute Gasteiger partial charge is 0.444 e. The zero-order valence-electron chi connectivity index (χ0n) is 22.4. The van der Waals surface area contributed by atoms with E-state index >= 15 is 4.39 Å². The lowest BCUT2D eigenvalue weighted by molar-refractivity contribution is 0.0475. The third-order valence-electron chi connectivity index (χ3n) is 6.88. The zero-order valence-corrected chi connectivity index (χ0v) is 22.4. The normalized spacial score (nSPS) is 17.5. The van der Waals surface area contributed by atoms with Gasteiger partial charge in [-0.1, -0.05) is 39.7 Å². The van der Waals surface area contributed by atoms with E-state index in [1.54, 1.807) is 11.8 Å². The Morgan fingerprint density at radius 1 is 1.17 bits per heavy atom. The van der Waals surface area contributed by atoms with Crippen molar-refractivity contribution in [2.24, 2.45) is 11.3 Å². The van der Waals surface area contributed by atoms with Crippen LogP contribution in [0.3, 0.4) is 0 Å². The van der Waals surface area contributed by atoms with Gasteiger partial charge in [0.05, 0.1) is 6.04 Å². The lowest BCUT2D eigenvalue weighted by Gasteiger charge is -2.40. The molecule has 2 N–H and O–H groups in total. The highest BCUT2D eigenvalue weighted by Crippen LogP contribution is 2.34. The molecule has 0 spiro atoms. The van der Waals surface area contributed by atoms with E-state index in [1.807, 2.05) is 34.6 Å². The Morgan fingerprint density at radius 3 is 2.34 bits per heavy atom. The number of benzene rings is 1. The van der Waals surface area contributed by atoms with Gasteiger partial charge in [0.15, 0.2) is 0 Å². The topological polar surface area (TPSA) is 70.7 Å². The van der Waals surface area contributed by atoms with E-state index in [-0.39, 0.29) is 22.9 Å². The van der Waals surface area contributed by atoms with E-state index in [4.69, 9.17) is 4.74 Å². The van der Waals surface area contributed by atoms with Gasteiger partial charge in [-0.25, -0.2) is 18.4 Å². The molecule has 1 aromatic carbocycles. The molecule has 1 aliphatic heterocycles. The Morgan fingerprint density at radius 2 is 1.80 bits per heavy atom. The van der Waals surface area contributed by atoms with Crippen molar-refractivity contribution < 1.29 is 23.1 Å². The van der Waals surface area contributed by atoms with Crippen molar-refractivity contribution in [3.05, 3.63) is 34.9 Å². The molecule has 0 bridgehead atoms. The average molecular weight is 496 g/mol. The Kier molecular flexibility index (Phi) is 9.93. The van der Waals surface area contributed by atoms with E-state index in [9.17, 15) is 14.0 Å². The van der Waals surface area contributed by atoms with Crippen LogP contribution in [0.15, 0.2) is 12.1 Å². The van der Waals surface area contributed by atoms with Crippen LogP contribution in [-0.2, 0) is 4.74 Å². The number of urea groups is 1. The first-order valence-corrected chi connectivity index (χ1v) is 12.8. The van der Waals surface area contributed by atoms with E-state index in [0.29, 0.717) is 44.5 Å². The predicted molar refractivity (Wildman–Crippen MR) is 134 cm³/mol. The number of nitrogens with zero attached hydrogens (tertiary/aromatic N) is 1. The van der Waals surface area contributed by atoms with Crippen LogP contribution < -0.4 is 10.6 Å². The summed E-state index contributed by atoms with van der Waals surface area (Å²) >= 11 is 0. The molecule has 0 saturated carbocycles. The van der Waals surface area contributed by atoms with Gasteiger partial charge < -0.3 is 20.3 Å². The number of amides is 3. The Hall–Kier alpha value is -2.38. The van der Waals surface area contributed by atoms with Gasteiger partial charge in [0, 0.05) is 25.2 Å². The summed E-state index contributed by atoms with van der Waals surface area (Å²) in [4.78, 5) is 27.0. The van der Waals surface area contributed by atoms with Crippen LogP contribution in [0.4, 0.5) is 18.4 Å².